The summed E-state index contributed by atoms with van der Waals surface area (Å²) in [5, 5.41) is 19.2. The number of rotatable bonds is 9. The predicted molar refractivity (Wildman–Crippen MR) is 123 cm³/mol. The number of carbonyl (C=O) groups is 3. The molecular weight excluding hydrogens is 446 g/mol. The lowest BCUT2D eigenvalue weighted by Crippen LogP contribution is -2.55. The number of hydrogen-bond acceptors (Lipinski definition) is 7. The summed E-state index contributed by atoms with van der Waals surface area (Å²) < 4.78 is 5.12. The van der Waals surface area contributed by atoms with Gasteiger partial charge in [-0.1, -0.05) is 48.5 Å². The minimum Gasteiger partial charge on any atom is -0.508 e. The standard InChI is InChI=1S/C23H27N3O6S/c1-2-32-22(30)18-14-33-20(16-10-6-7-11-19(16)27)26(18)23(31)25-24-17(21(28)29)13-12-15-8-4-3-5-9-15/h3-11,17-18,20,24,27H,2,12-14H2,1H3,(H,25,31)(H,28,29)/t17?,18-,20?/m0/s1. The third kappa shape index (κ3) is 6.17. The predicted octanol–water partition coefficient (Wildman–Crippen LogP) is 2.67. The van der Waals surface area contributed by atoms with Crippen molar-refractivity contribution < 1.29 is 29.3 Å². The van der Waals surface area contributed by atoms with E-state index in [0.29, 0.717) is 12.0 Å². The molecule has 3 rings (SSSR count). The average molecular weight is 474 g/mol. The van der Waals surface area contributed by atoms with Gasteiger partial charge in [0, 0.05) is 11.3 Å². The van der Waals surface area contributed by atoms with Crippen LogP contribution in [0.25, 0.3) is 0 Å². The van der Waals surface area contributed by atoms with Gasteiger partial charge in [0.15, 0.2) is 0 Å². The van der Waals surface area contributed by atoms with Crippen LogP contribution in [0.5, 0.6) is 5.75 Å². The first-order valence-corrected chi connectivity index (χ1v) is 11.6. The van der Waals surface area contributed by atoms with Crippen LogP contribution in [0.1, 0.15) is 29.8 Å². The topological polar surface area (TPSA) is 128 Å². The van der Waals surface area contributed by atoms with Crippen LogP contribution in [-0.2, 0) is 20.7 Å². The Balaban J connectivity index is 1.72. The Morgan fingerprint density at radius 2 is 1.85 bits per heavy atom. The Labute approximate surface area is 196 Å². The number of benzene rings is 2. The zero-order valence-corrected chi connectivity index (χ0v) is 19.0. The molecule has 0 radical (unpaired) electrons. The Bertz CT molecular complexity index is 974. The lowest BCUT2D eigenvalue weighted by Gasteiger charge is -2.29. The summed E-state index contributed by atoms with van der Waals surface area (Å²) >= 11 is 1.32. The fourth-order valence-corrected chi connectivity index (χ4v) is 4.98. The van der Waals surface area contributed by atoms with Gasteiger partial charge >= 0.3 is 18.0 Å². The number of nitrogens with zero attached hydrogens (tertiary/aromatic N) is 1. The van der Waals surface area contributed by atoms with Crippen molar-refractivity contribution in [1.29, 1.82) is 0 Å². The van der Waals surface area contributed by atoms with Gasteiger partial charge < -0.3 is 14.9 Å². The van der Waals surface area contributed by atoms with E-state index in [2.05, 4.69) is 10.9 Å². The molecule has 2 amide bonds. The molecule has 10 heteroatoms. The molecular formula is C23H27N3O6S. The number of nitrogens with one attached hydrogen (secondary N) is 2. The Morgan fingerprint density at radius 1 is 1.15 bits per heavy atom. The van der Waals surface area contributed by atoms with Crippen molar-refractivity contribution in [2.24, 2.45) is 0 Å². The maximum absolute atomic E-state index is 13.1. The van der Waals surface area contributed by atoms with E-state index in [9.17, 15) is 24.6 Å². The molecule has 1 saturated heterocycles. The lowest BCUT2D eigenvalue weighted by atomic mass is 10.1. The van der Waals surface area contributed by atoms with E-state index in [1.54, 1.807) is 25.1 Å². The van der Waals surface area contributed by atoms with Crippen molar-refractivity contribution >= 4 is 29.7 Å². The maximum atomic E-state index is 13.1. The van der Waals surface area contributed by atoms with E-state index in [-0.39, 0.29) is 24.5 Å². The highest BCUT2D eigenvalue weighted by Crippen LogP contribution is 2.44. The number of carboxylic acid groups (broad SMARTS) is 1. The van der Waals surface area contributed by atoms with Gasteiger partial charge in [-0.05, 0) is 31.4 Å². The molecule has 1 fully saturated rings. The molecule has 33 heavy (non-hydrogen) atoms. The van der Waals surface area contributed by atoms with Crippen LogP contribution < -0.4 is 10.9 Å². The molecule has 0 spiro atoms. The molecule has 176 valence electrons. The fourth-order valence-electron chi connectivity index (χ4n) is 3.54. The van der Waals surface area contributed by atoms with Crippen molar-refractivity contribution in [1.82, 2.24) is 15.8 Å². The molecule has 2 aromatic carbocycles. The summed E-state index contributed by atoms with van der Waals surface area (Å²) in [6, 6.07) is 13.4. The SMILES string of the molecule is CCOC(=O)[C@@H]1CSC(c2ccccc2O)N1C(=O)NNC(CCc1ccccc1)C(=O)O. The van der Waals surface area contributed by atoms with E-state index in [1.807, 2.05) is 30.3 Å². The lowest BCUT2D eigenvalue weighted by molar-refractivity contribution is -0.147. The average Bonchev–Trinajstić information content (AvgIpc) is 3.25. The summed E-state index contributed by atoms with van der Waals surface area (Å²) in [5.41, 5.74) is 6.48. The molecule has 1 aliphatic heterocycles. The first kappa shape index (κ1) is 24.4. The summed E-state index contributed by atoms with van der Waals surface area (Å²) in [7, 11) is 0. The number of esters is 1. The molecule has 2 unspecified atom stereocenters. The highest BCUT2D eigenvalue weighted by molar-refractivity contribution is 7.99. The number of phenols is 1. The van der Waals surface area contributed by atoms with Crippen molar-refractivity contribution in [3.8, 4) is 5.75 Å². The van der Waals surface area contributed by atoms with Crippen LogP contribution in [0.4, 0.5) is 4.79 Å². The number of hydrazine groups is 1. The molecule has 0 aliphatic carbocycles. The van der Waals surface area contributed by atoms with Crippen molar-refractivity contribution in [2.45, 2.75) is 37.2 Å². The first-order valence-electron chi connectivity index (χ1n) is 10.6. The number of carboxylic acids is 1. The number of amides is 2. The summed E-state index contributed by atoms with van der Waals surface area (Å²) in [4.78, 5) is 38.6. The van der Waals surface area contributed by atoms with Gasteiger partial charge in [-0.3, -0.25) is 15.1 Å². The molecule has 0 aromatic heterocycles. The van der Waals surface area contributed by atoms with E-state index in [0.717, 1.165) is 5.56 Å². The van der Waals surface area contributed by atoms with Gasteiger partial charge in [0.2, 0.25) is 0 Å². The van der Waals surface area contributed by atoms with Crippen LogP contribution in [0.3, 0.4) is 0 Å². The third-order valence-corrected chi connectivity index (χ3v) is 6.52. The number of hydrogen-bond donors (Lipinski definition) is 4. The third-order valence-electron chi connectivity index (χ3n) is 5.21. The number of aryl methyl sites for hydroxylation is 1. The van der Waals surface area contributed by atoms with Crippen LogP contribution >= 0.6 is 11.8 Å². The van der Waals surface area contributed by atoms with Gasteiger partial charge in [-0.2, -0.15) is 0 Å². The van der Waals surface area contributed by atoms with Crippen LogP contribution in [0.15, 0.2) is 54.6 Å². The molecule has 0 saturated carbocycles. The minimum atomic E-state index is -1.11. The number of aromatic hydroxyl groups is 1. The fraction of sp³-hybridized carbons (Fsp3) is 0.348. The van der Waals surface area contributed by atoms with E-state index < -0.39 is 35.4 Å². The quantitative estimate of drug-likeness (QED) is 0.323. The molecule has 4 N–H and O–H groups in total. The second-order valence-corrected chi connectivity index (χ2v) is 8.52. The zero-order valence-electron chi connectivity index (χ0n) is 18.1. The summed E-state index contributed by atoms with van der Waals surface area (Å²) in [6.45, 7) is 1.84. The number of urea groups is 1. The summed E-state index contributed by atoms with van der Waals surface area (Å²) in [5.74, 6) is -1.39. The monoisotopic (exact) mass is 473 g/mol. The summed E-state index contributed by atoms with van der Waals surface area (Å²) in [6.07, 6.45) is 0.755. The van der Waals surface area contributed by atoms with Crippen LogP contribution in [-0.4, -0.2) is 57.5 Å². The first-order chi connectivity index (χ1) is 15.9. The van der Waals surface area contributed by atoms with Gasteiger partial charge in [-0.15, -0.1) is 11.8 Å². The smallest absolute Gasteiger partial charge is 0.333 e. The second kappa shape index (κ2) is 11.6. The molecule has 9 nitrogen and oxygen atoms in total. The van der Waals surface area contributed by atoms with Crippen molar-refractivity contribution in [3.63, 3.8) is 0 Å². The van der Waals surface area contributed by atoms with Crippen molar-refractivity contribution in [2.75, 3.05) is 12.4 Å². The molecule has 1 heterocycles. The van der Waals surface area contributed by atoms with E-state index in [4.69, 9.17) is 4.74 Å². The number of para-hydroxylation sites is 1. The van der Waals surface area contributed by atoms with E-state index in [1.165, 1.54) is 22.7 Å². The molecule has 3 atom stereocenters. The van der Waals surface area contributed by atoms with Gasteiger partial charge in [0.05, 0.1) is 6.61 Å². The second-order valence-electron chi connectivity index (χ2n) is 7.41. The van der Waals surface area contributed by atoms with Crippen LogP contribution in [0.2, 0.25) is 0 Å². The Kier molecular flexibility index (Phi) is 8.56. The highest BCUT2D eigenvalue weighted by atomic mass is 32.2. The number of carbonyl (C=O) groups excluding carboxylic acids is 2. The largest absolute Gasteiger partial charge is 0.508 e. The number of thioether (sulfide) groups is 1. The van der Waals surface area contributed by atoms with E-state index >= 15 is 0 Å². The number of aliphatic carboxylic acids is 1. The molecule has 1 aliphatic rings. The molecule has 0 bridgehead atoms. The highest BCUT2D eigenvalue weighted by Gasteiger charge is 2.44. The molecule has 2 aromatic rings. The van der Waals surface area contributed by atoms with Gasteiger partial charge in [0.25, 0.3) is 0 Å². The normalized spacial score (nSPS) is 18.5. The van der Waals surface area contributed by atoms with Gasteiger partial charge in [-0.25, -0.2) is 15.0 Å². The van der Waals surface area contributed by atoms with Crippen LogP contribution in [0, 0.1) is 0 Å². The zero-order chi connectivity index (χ0) is 23.8. The minimum absolute atomic E-state index is 0.00320. The van der Waals surface area contributed by atoms with Gasteiger partial charge in [0.1, 0.15) is 23.2 Å². The Hall–Kier alpha value is -3.24. The number of phenolic OH excluding ortho intramolecular Hbond substituents is 1. The number of ether oxygens (including phenoxy) is 1. The Morgan fingerprint density at radius 3 is 2.52 bits per heavy atom. The maximum Gasteiger partial charge on any atom is 0.333 e. The van der Waals surface area contributed by atoms with Crippen molar-refractivity contribution in [3.05, 3.63) is 65.7 Å².